The zero-order valence-electron chi connectivity index (χ0n) is 11.7. The predicted octanol–water partition coefficient (Wildman–Crippen LogP) is 2.41. The maximum Gasteiger partial charge on any atom is 0.230 e. The van der Waals surface area contributed by atoms with Crippen LogP contribution in [0.5, 0.6) is 5.75 Å². The third-order valence-electron chi connectivity index (χ3n) is 4.07. The van der Waals surface area contributed by atoms with Gasteiger partial charge in [-0.15, -0.1) is 0 Å². The van der Waals surface area contributed by atoms with Gasteiger partial charge in [-0.25, -0.2) is 0 Å². The molecule has 0 radical (unpaired) electrons. The number of hydrogen-bond donors (Lipinski definition) is 2. The average molecular weight is 262 g/mol. The molecule has 0 aromatic heterocycles. The highest BCUT2D eigenvalue weighted by Crippen LogP contribution is 2.35. The molecular formula is C15H22N2O2. The van der Waals surface area contributed by atoms with E-state index in [2.05, 4.69) is 17.6 Å². The molecule has 4 heteroatoms. The van der Waals surface area contributed by atoms with Crippen molar-refractivity contribution in [1.29, 1.82) is 0 Å². The average Bonchev–Trinajstić information content (AvgIpc) is 2.48. The Balaban J connectivity index is 2.15. The maximum atomic E-state index is 12.6. The van der Waals surface area contributed by atoms with E-state index in [4.69, 9.17) is 4.74 Å². The van der Waals surface area contributed by atoms with E-state index >= 15 is 0 Å². The molecule has 0 aliphatic carbocycles. The Morgan fingerprint density at radius 2 is 2.05 bits per heavy atom. The number of rotatable bonds is 4. The SMILES string of the molecule is CCC1(C(=O)Nc2ccccc2OC)CCNCC1. The van der Waals surface area contributed by atoms with Crippen molar-refractivity contribution in [1.82, 2.24) is 5.32 Å². The van der Waals surface area contributed by atoms with Crippen molar-refractivity contribution in [2.45, 2.75) is 26.2 Å². The minimum atomic E-state index is -0.244. The topological polar surface area (TPSA) is 50.4 Å². The number of amides is 1. The predicted molar refractivity (Wildman–Crippen MR) is 76.5 cm³/mol. The first-order valence-corrected chi connectivity index (χ1v) is 6.87. The molecule has 0 unspecified atom stereocenters. The van der Waals surface area contributed by atoms with Crippen LogP contribution in [0.25, 0.3) is 0 Å². The van der Waals surface area contributed by atoms with Crippen LogP contribution in [0.3, 0.4) is 0 Å². The Kier molecular flexibility index (Phi) is 4.43. The van der Waals surface area contributed by atoms with Crippen molar-refractivity contribution in [2.24, 2.45) is 5.41 Å². The Bertz CT molecular complexity index is 440. The van der Waals surface area contributed by atoms with Crippen LogP contribution in [0.4, 0.5) is 5.69 Å². The van der Waals surface area contributed by atoms with Crippen LogP contribution < -0.4 is 15.4 Å². The molecular weight excluding hydrogens is 240 g/mol. The standard InChI is InChI=1S/C15H22N2O2/c1-3-15(8-10-16-11-9-15)14(18)17-12-6-4-5-7-13(12)19-2/h4-7,16H,3,8-11H2,1-2H3,(H,17,18). The van der Waals surface area contributed by atoms with E-state index in [0.29, 0.717) is 5.75 Å². The van der Waals surface area contributed by atoms with Crippen LogP contribution >= 0.6 is 0 Å². The number of hydrogen-bond acceptors (Lipinski definition) is 3. The van der Waals surface area contributed by atoms with Crippen LogP contribution in [0.2, 0.25) is 0 Å². The van der Waals surface area contributed by atoms with E-state index in [1.54, 1.807) is 7.11 Å². The molecule has 0 atom stereocenters. The minimum absolute atomic E-state index is 0.112. The smallest absolute Gasteiger partial charge is 0.230 e. The zero-order valence-corrected chi connectivity index (χ0v) is 11.7. The summed E-state index contributed by atoms with van der Waals surface area (Å²) in [6.45, 7) is 3.91. The number of nitrogens with one attached hydrogen (secondary N) is 2. The minimum Gasteiger partial charge on any atom is -0.495 e. The first-order chi connectivity index (χ1) is 9.22. The van der Waals surface area contributed by atoms with Gasteiger partial charge in [0.15, 0.2) is 0 Å². The van der Waals surface area contributed by atoms with Gasteiger partial charge in [0.25, 0.3) is 0 Å². The summed E-state index contributed by atoms with van der Waals surface area (Å²) in [5, 5.41) is 6.34. The van der Waals surface area contributed by atoms with E-state index < -0.39 is 0 Å². The zero-order chi connectivity index (χ0) is 13.7. The summed E-state index contributed by atoms with van der Waals surface area (Å²) in [5.41, 5.74) is 0.507. The monoisotopic (exact) mass is 262 g/mol. The second-order valence-corrected chi connectivity index (χ2v) is 5.04. The Hall–Kier alpha value is -1.55. The van der Waals surface area contributed by atoms with Gasteiger partial charge in [-0.05, 0) is 44.5 Å². The molecule has 19 heavy (non-hydrogen) atoms. The van der Waals surface area contributed by atoms with Gasteiger partial charge in [0.1, 0.15) is 5.75 Å². The van der Waals surface area contributed by atoms with Gasteiger partial charge in [-0.3, -0.25) is 4.79 Å². The summed E-state index contributed by atoms with van der Waals surface area (Å²) in [6.07, 6.45) is 2.66. The second-order valence-electron chi connectivity index (χ2n) is 5.04. The van der Waals surface area contributed by atoms with Gasteiger partial charge in [0.2, 0.25) is 5.91 Å². The molecule has 0 bridgehead atoms. The third kappa shape index (κ3) is 2.89. The van der Waals surface area contributed by atoms with Gasteiger partial charge < -0.3 is 15.4 Å². The molecule has 1 saturated heterocycles. The molecule has 1 aliphatic rings. The number of methoxy groups -OCH3 is 1. The van der Waals surface area contributed by atoms with Crippen LogP contribution in [0.15, 0.2) is 24.3 Å². The molecule has 2 rings (SSSR count). The lowest BCUT2D eigenvalue weighted by Gasteiger charge is -2.35. The fourth-order valence-electron chi connectivity index (χ4n) is 2.65. The van der Waals surface area contributed by atoms with Crippen LogP contribution in [0, 0.1) is 5.41 Å². The van der Waals surface area contributed by atoms with E-state index in [1.807, 2.05) is 24.3 Å². The quantitative estimate of drug-likeness (QED) is 0.876. The number of carbonyl (C=O) groups is 1. The van der Waals surface area contributed by atoms with Gasteiger partial charge in [-0.1, -0.05) is 19.1 Å². The van der Waals surface area contributed by atoms with Gasteiger partial charge in [0.05, 0.1) is 18.2 Å². The second kappa shape index (κ2) is 6.06. The molecule has 1 aliphatic heterocycles. The summed E-state index contributed by atoms with van der Waals surface area (Å²) in [7, 11) is 1.62. The summed E-state index contributed by atoms with van der Waals surface area (Å²) < 4.78 is 5.27. The van der Waals surface area contributed by atoms with Crippen LogP contribution in [-0.2, 0) is 4.79 Å². The number of carbonyl (C=O) groups excluding carboxylic acids is 1. The first-order valence-electron chi connectivity index (χ1n) is 6.87. The molecule has 1 amide bonds. The van der Waals surface area contributed by atoms with Crippen LogP contribution in [-0.4, -0.2) is 26.1 Å². The Morgan fingerprint density at radius 1 is 1.37 bits per heavy atom. The highest BCUT2D eigenvalue weighted by atomic mass is 16.5. The van der Waals surface area contributed by atoms with Gasteiger partial charge >= 0.3 is 0 Å². The van der Waals surface area contributed by atoms with E-state index in [-0.39, 0.29) is 11.3 Å². The molecule has 104 valence electrons. The van der Waals surface area contributed by atoms with Crippen molar-refractivity contribution in [2.75, 3.05) is 25.5 Å². The largest absolute Gasteiger partial charge is 0.495 e. The molecule has 2 N–H and O–H groups in total. The summed E-state index contributed by atoms with van der Waals surface area (Å²) in [6, 6.07) is 7.53. The van der Waals surface area contributed by atoms with Crippen molar-refractivity contribution in [3.05, 3.63) is 24.3 Å². The molecule has 1 heterocycles. The molecule has 1 fully saturated rings. The lowest BCUT2D eigenvalue weighted by Crippen LogP contribution is -2.44. The first kappa shape index (κ1) is 13.9. The van der Waals surface area contributed by atoms with E-state index in [1.165, 1.54) is 0 Å². The fraction of sp³-hybridized carbons (Fsp3) is 0.533. The third-order valence-corrected chi connectivity index (χ3v) is 4.07. The van der Waals surface area contributed by atoms with Gasteiger partial charge in [-0.2, -0.15) is 0 Å². The number of ether oxygens (including phenoxy) is 1. The number of benzene rings is 1. The highest BCUT2D eigenvalue weighted by molar-refractivity contribution is 5.96. The molecule has 0 saturated carbocycles. The summed E-state index contributed by atoms with van der Waals surface area (Å²) >= 11 is 0. The van der Waals surface area contributed by atoms with Gasteiger partial charge in [0, 0.05) is 0 Å². The normalized spacial score (nSPS) is 17.8. The fourth-order valence-corrected chi connectivity index (χ4v) is 2.65. The highest BCUT2D eigenvalue weighted by Gasteiger charge is 2.37. The van der Waals surface area contributed by atoms with Crippen molar-refractivity contribution in [3.8, 4) is 5.75 Å². The molecule has 0 spiro atoms. The number of para-hydroxylation sites is 2. The summed E-state index contributed by atoms with van der Waals surface area (Å²) in [5.74, 6) is 0.817. The lowest BCUT2D eigenvalue weighted by molar-refractivity contribution is -0.127. The Morgan fingerprint density at radius 3 is 2.68 bits per heavy atom. The molecule has 1 aromatic carbocycles. The molecule has 4 nitrogen and oxygen atoms in total. The number of anilines is 1. The summed E-state index contributed by atoms with van der Waals surface area (Å²) in [4.78, 5) is 12.6. The molecule has 1 aromatic rings. The number of piperidine rings is 1. The van der Waals surface area contributed by atoms with Crippen molar-refractivity contribution >= 4 is 11.6 Å². The van der Waals surface area contributed by atoms with Crippen molar-refractivity contribution in [3.63, 3.8) is 0 Å². The van der Waals surface area contributed by atoms with Crippen LogP contribution in [0.1, 0.15) is 26.2 Å². The maximum absolute atomic E-state index is 12.6. The van der Waals surface area contributed by atoms with E-state index in [9.17, 15) is 4.79 Å². The van der Waals surface area contributed by atoms with E-state index in [0.717, 1.165) is 38.0 Å². The van der Waals surface area contributed by atoms with Crippen molar-refractivity contribution < 1.29 is 9.53 Å². The Labute approximate surface area is 114 Å². The lowest BCUT2D eigenvalue weighted by atomic mass is 9.76.